The molecule has 262 valence electrons. The van der Waals surface area contributed by atoms with E-state index in [9.17, 15) is 17.6 Å². The number of nitrogens with one attached hydrogen (secondary N) is 1. The van der Waals surface area contributed by atoms with Crippen LogP contribution in [0.2, 0.25) is 0 Å². The number of hydrogen-bond acceptors (Lipinski definition) is 10. The number of piperidine rings is 2. The van der Waals surface area contributed by atoms with E-state index in [0.29, 0.717) is 49.4 Å². The molecule has 0 unspecified atom stereocenters. The number of anilines is 4. The lowest BCUT2D eigenvalue weighted by molar-refractivity contribution is -0.126. The Morgan fingerprint density at radius 1 is 0.980 bits per heavy atom. The number of halogens is 1. The lowest BCUT2D eigenvalue weighted by Gasteiger charge is -2.39. The highest BCUT2D eigenvalue weighted by Gasteiger charge is 2.38. The molecule has 0 saturated carbocycles. The number of alkyl halides is 1. The van der Waals surface area contributed by atoms with Crippen LogP contribution in [0.15, 0.2) is 49.3 Å². The molecule has 0 bridgehead atoms. The van der Waals surface area contributed by atoms with E-state index in [4.69, 9.17) is 14.7 Å². The number of nitrogens with zero attached hydrogens (tertiary/aromatic N) is 6. The summed E-state index contributed by atoms with van der Waals surface area (Å²) in [5, 5.41) is 5.01. The second-order valence-electron chi connectivity index (χ2n) is 13.8. The minimum atomic E-state index is -3.09. The van der Waals surface area contributed by atoms with Gasteiger partial charge in [0.05, 0.1) is 29.7 Å². The largest absolute Gasteiger partial charge is 0.378 e. The van der Waals surface area contributed by atoms with Crippen molar-refractivity contribution in [2.75, 3.05) is 60.7 Å². The molecular weight excluding hydrogens is 646 g/mol. The van der Waals surface area contributed by atoms with E-state index < -0.39 is 22.1 Å². The summed E-state index contributed by atoms with van der Waals surface area (Å²) in [5.41, 5.74) is 2.07. The number of carbonyl (C=O) groups excluding carboxylic acids is 1. The van der Waals surface area contributed by atoms with Crippen LogP contribution in [0.3, 0.4) is 0 Å². The zero-order chi connectivity index (χ0) is 34.1. The fourth-order valence-corrected chi connectivity index (χ4v) is 10.7. The summed E-state index contributed by atoms with van der Waals surface area (Å²) in [4.78, 5) is 32.9. The Labute approximate surface area is 287 Å². The van der Waals surface area contributed by atoms with Gasteiger partial charge in [0.25, 0.3) is 0 Å². The first-order valence-electron chi connectivity index (χ1n) is 17.6. The van der Waals surface area contributed by atoms with Gasteiger partial charge in [0.1, 0.15) is 17.8 Å². The van der Waals surface area contributed by atoms with Gasteiger partial charge in [0.2, 0.25) is 11.9 Å². The number of carbonyl (C=O) groups is 1. The average Bonchev–Trinajstić information content (AvgIpc) is 3.60. The molecule has 0 radical (unpaired) electrons. The predicted octanol–water partition coefficient (Wildman–Crippen LogP) is 5.36. The molecule has 3 aromatic rings. The predicted molar refractivity (Wildman–Crippen MR) is 190 cm³/mol. The van der Waals surface area contributed by atoms with Crippen LogP contribution < -0.4 is 15.1 Å². The molecule has 11 nitrogen and oxygen atoms in total. The number of rotatable bonds is 8. The number of amides is 1. The maximum absolute atomic E-state index is 14.7. The van der Waals surface area contributed by atoms with Gasteiger partial charge in [-0.15, -0.1) is 0 Å². The minimum Gasteiger partial charge on any atom is -0.378 e. The van der Waals surface area contributed by atoms with Crippen molar-refractivity contribution in [3.63, 3.8) is 0 Å². The topological polar surface area (TPSA) is 121 Å². The van der Waals surface area contributed by atoms with E-state index in [2.05, 4.69) is 33.9 Å². The molecular formula is C36H46FN7O4S. The van der Waals surface area contributed by atoms with Gasteiger partial charge < -0.3 is 24.8 Å². The zero-order valence-electron chi connectivity index (χ0n) is 28.1. The molecule has 1 amide bonds. The summed E-state index contributed by atoms with van der Waals surface area (Å²) in [7, 11) is -1.55. The van der Waals surface area contributed by atoms with Crippen LogP contribution in [-0.2, 0) is 19.4 Å². The number of benzene rings is 1. The van der Waals surface area contributed by atoms with Crippen molar-refractivity contribution < 1.29 is 22.3 Å². The second-order valence-corrected chi connectivity index (χ2v) is 16.2. The Morgan fingerprint density at radius 2 is 1.84 bits per heavy atom. The van der Waals surface area contributed by atoms with Crippen LogP contribution >= 0.6 is 0 Å². The number of methoxy groups -OCH3 is 1. The first kappa shape index (κ1) is 33.6. The second kappa shape index (κ2) is 14.2. The number of ether oxygens (including phenoxy) is 1. The van der Waals surface area contributed by atoms with Gasteiger partial charge in [-0.2, -0.15) is 4.98 Å². The summed E-state index contributed by atoms with van der Waals surface area (Å²) < 4.78 is 46.1. The van der Waals surface area contributed by atoms with Crippen molar-refractivity contribution in [1.82, 2.24) is 19.9 Å². The van der Waals surface area contributed by atoms with E-state index in [-0.39, 0.29) is 29.7 Å². The Balaban J connectivity index is 1.21. The van der Waals surface area contributed by atoms with Crippen LogP contribution in [0.1, 0.15) is 63.0 Å². The molecule has 4 saturated heterocycles. The maximum atomic E-state index is 14.7. The summed E-state index contributed by atoms with van der Waals surface area (Å²) in [6.07, 6.45) is 9.98. The van der Waals surface area contributed by atoms with Crippen molar-refractivity contribution in [2.24, 2.45) is 5.92 Å². The van der Waals surface area contributed by atoms with E-state index in [1.165, 1.54) is 13.2 Å². The number of likely N-dealkylation sites (tertiary alicyclic amines) is 1. The third-order valence-electron chi connectivity index (χ3n) is 10.9. The first-order valence-corrected chi connectivity index (χ1v) is 19.3. The van der Waals surface area contributed by atoms with E-state index in [0.717, 1.165) is 73.5 Å². The van der Waals surface area contributed by atoms with E-state index >= 15 is 0 Å². The highest BCUT2D eigenvalue weighted by atomic mass is 32.2. The van der Waals surface area contributed by atoms with Crippen molar-refractivity contribution in [1.29, 1.82) is 0 Å². The van der Waals surface area contributed by atoms with Crippen molar-refractivity contribution in [2.45, 2.75) is 74.9 Å². The van der Waals surface area contributed by atoms with Crippen LogP contribution in [0.4, 0.5) is 27.7 Å². The third kappa shape index (κ3) is 6.84. The standard InChI is InChI=1S/C36H46FN7O4S/c1-3-35(45)44-17-7-9-30(44)25-11-12-29(42-16-6-8-24(22-42)32-10-4-5-19-49(32,46)47)27-21-39-34(20-26(25)27)40-33-13-15-38-36(41-33)43-18-14-31(48-2)28(37)23-43/h3,11-13,15,20-21,24,28,30-32H,1,4-10,14,16-19,22-23H2,2H3,(H,38,39,40,41)/t24-,28+,30+,31-,32+/m1/s1. The molecule has 0 spiro atoms. The molecule has 0 aliphatic carbocycles. The lowest BCUT2D eigenvalue weighted by Crippen LogP contribution is -2.46. The quantitative estimate of drug-likeness (QED) is 0.309. The van der Waals surface area contributed by atoms with Gasteiger partial charge in [-0.3, -0.25) is 4.79 Å². The monoisotopic (exact) mass is 691 g/mol. The Kier molecular flexibility index (Phi) is 9.74. The molecule has 4 aliphatic heterocycles. The number of fused-ring (bicyclic) bond motifs is 1. The summed E-state index contributed by atoms with van der Waals surface area (Å²) in [6, 6.07) is 7.92. The van der Waals surface area contributed by atoms with Gasteiger partial charge in [0.15, 0.2) is 9.84 Å². The van der Waals surface area contributed by atoms with Gasteiger partial charge in [-0.25, -0.2) is 22.8 Å². The molecule has 1 N–H and O–H groups in total. The van der Waals surface area contributed by atoms with Crippen LogP contribution in [0, 0.1) is 5.92 Å². The normalized spacial score (nSPS) is 27.3. The molecule has 4 fully saturated rings. The zero-order valence-corrected chi connectivity index (χ0v) is 29.0. The number of sulfone groups is 1. The minimum absolute atomic E-state index is 0.0849. The Bertz CT molecular complexity index is 1810. The summed E-state index contributed by atoms with van der Waals surface area (Å²) in [5.74, 6) is 1.87. The molecule has 4 aliphatic rings. The fraction of sp³-hybridized carbons (Fsp3) is 0.556. The molecule has 5 atom stereocenters. The van der Waals surface area contributed by atoms with E-state index in [1.807, 2.05) is 22.1 Å². The Morgan fingerprint density at radius 3 is 2.63 bits per heavy atom. The van der Waals surface area contributed by atoms with Crippen LogP contribution in [0.25, 0.3) is 10.8 Å². The van der Waals surface area contributed by atoms with Crippen LogP contribution in [0.5, 0.6) is 0 Å². The van der Waals surface area contributed by atoms with Gasteiger partial charge in [0, 0.05) is 56.8 Å². The summed E-state index contributed by atoms with van der Waals surface area (Å²) >= 11 is 0. The van der Waals surface area contributed by atoms with Crippen molar-refractivity contribution in [3.8, 4) is 0 Å². The van der Waals surface area contributed by atoms with Gasteiger partial charge >= 0.3 is 0 Å². The molecule has 49 heavy (non-hydrogen) atoms. The highest BCUT2D eigenvalue weighted by Crippen LogP contribution is 2.41. The third-order valence-corrected chi connectivity index (χ3v) is 13.3. The molecule has 2 aromatic heterocycles. The Hall–Kier alpha value is -3.84. The van der Waals surface area contributed by atoms with Gasteiger partial charge in [-0.1, -0.05) is 19.1 Å². The first-order chi connectivity index (χ1) is 23.8. The maximum Gasteiger partial charge on any atom is 0.246 e. The number of pyridine rings is 1. The number of hydrogen-bond donors (Lipinski definition) is 1. The van der Waals surface area contributed by atoms with Gasteiger partial charge in [-0.05, 0) is 86.1 Å². The highest BCUT2D eigenvalue weighted by molar-refractivity contribution is 7.92. The molecule has 13 heteroatoms. The molecule has 7 rings (SSSR count). The van der Waals surface area contributed by atoms with Crippen molar-refractivity contribution >= 4 is 49.8 Å². The van der Waals surface area contributed by atoms with E-state index in [1.54, 1.807) is 12.3 Å². The summed E-state index contributed by atoms with van der Waals surface area (Å²) in [6.45, 7) is 6.69. The van der Waals surface area contributed by atoms with Crippen molar-refractivity contribution in [3.05, 3.63) is 54.9 Å². The molecule has 1 aromatic carbocycles. The average molecular weight is 692 g/mol. The fourth-order valence-electron chi connectivity index (χ4n) is 8.43. The SMILES string of the molecule is C=CC(=O)N1CCC[C@H]1c1ccc(N2CCC[C@@H]([C@@H]3CCCCS3(=O)=O)C2)c2cnc(Nc3ccnc(N4CC[C@@H](OC)[C@@H](F)C4)n3)cc12. The molecule has 6 heterocycles. The van der Waals surface area contributed by atoms with Crippen LogP contribution in [-0.4, -0.2) is 97.3 Å². The number of aromatic nitrogens is 3. The smallest absolute Gasteiger partial charge is 0.246 e. The lowest BCUT2D eigenvalue weighted by atomic mass is 9.90.